The van der Waals surface area contributed by atoms with Gasteiger partial charge in [-0.15, -0.1) is 0 Å². The van der Waals surface area contributed by atoms with Crippen LogP contribution >= 0.6 is 0 Å². The van der Waals surface area contributed by atoms with E-state index in [1.54, 1.807) is 6.07 Å². The number of carbonyl (C=O) groups excluding carboxylic acids is 1. The highest BCUT2D eigenvalue weighted by Crippen LogP contribution is 2.24. The minimum atomic E-state index is -0.0972. The molecular weight excluding hydrogens is 276 g/mol. The number of benzene rings is 1. The van der Waals surface area contributed by atoms with Crippen LogP contribution in [0.1, 0.15) is 36.2 Å². The van der Waals surface area contributed by atoms with Crippen LogP contribution in [0.25, 0.3) is 11.3 Å². The average Bonchev–Trinajstić information content (AvgIpc) is 3.06. The number of amides is 1. The summed E-state index contributed by atoms with van der Waals surface area (Å²) in [5.41, 5.74) is 8.09. The highest BCUT2D eigenvalue weighted by atomic mass is 16.2. The number of hydrogen-bond acceptors (Lipinski definition) is 3. The molecule has 116 valence electrons. The molecule has 5 nitrogen and oxygen atoms in total. The molecule has 1 aromatic carbocycles. The largest absolute Gasteiger partial charge is 0.348 e. The maximum atomic E-state index is 12.4. The van der Waals surface area contributed by atoms with Crippen LogP contribution < -0.4 is 11.1 Å². The fourth-order valence-electron chi connectivity index (χ4n) is 3.12. The van der Waals surface area contributed by atoms with Gasteiger partial charge in [0, 0.05) is 11.6 Å². The number of nitrogens with one attached hydrogen (secondary N) is 2. The first kappa shape index (κ1) is 14.8. The van der Waals surface area contributed by atoms with Crippen molar-refractivity contribution in [1.29, 1.82) is 0 Å². The van der Waals surface area contributed by atoms with E-state index in [2.05, 4.69) is 15.5 Å². The van der Waals surface area contributed by atoms with Gasteiger partial charge in [0.05, 0.1) is 5.69 Å². The number of aromatic amines is 1. The van der Waals surface area contributed by atoms with Crippen molar-refractivity contribution in [2.24, 2.45) is 11.7 Å². The molecule has 22 heavy (non-hydrogen) atoms. The molecule has 0 bridgehead atoms. The van der Waals surface area contributed by atoms with E-state index < -0.39 is 0 Å². The Hall–Kier alpha value is -2.14. The summed E-state index contributed by atoms with van der Waals surface area (Å²) >= 11 is 0. The van der Waals surface area contributed by atoms with Crippen molar-refractivity contribution in [2.45, 2.75) is 31.7 Å². The first-order valence-electron chi connectivity index (χ1n) is 7.89. The van der Waals surface area contributed by atoms with E-state index in [0.29, 0.717) is 18.2 Å². The Labute approximate surface area is 130 Å². The molecule has 1 fully saturated rings. The van der Waals surface area contributed by atoms with Gasteiger partial charge in [0.15, 0.2) is 0 Å². The minimum Gasteiger partial charge on any atom is -0.348 e. The topological polar surface area (TPSA) is 83.8 Å². The molecule has 1 saturated carbocycles. The van der Waals surface area contributed by atoms with Crippen molar-refractivity contribution in [3.05, 3.63) is 42.1 Å². The first-order chi connectivity index (χ1) is 10.8. The summed E-state index contributed by atoms with van der Waals surface area (Å²) in [7, 11) is 0. The van der Waals surface area contributed by atoms with Crippen molar-refractivity contribution in [1.82, 2.24) is 15.5 Å². The molecule has 1 amide bonds. The van der Waals surface area contributed by atoms with Crippen molar-refractivity contribution in [3.63, 3.8) is 0 Å². The van der Waals surface area contributed by atoms with Crippen molar-refractivity contribution < 1.29 is 4.79 Å². The predicted molar refractivity (Wildman–Crippen MR) is 86.3 cm³/mol. The standard InChI is InChI=1S/C17H22N4O/c18-11-13-8-4-5-9-14(13)19-17(22)16-10-15(20-21-16)12-6-2-1-3-7-12/h1-3,6-7,10,13-14H,4-5,8-9,11,18H2,(H,19,22)(H,20,21). The maximum absolute atomic E-state index is 12.4. The van der Waals surface area contributed by atoms with E-state index >= 15 is 0 Å². The van der Waals surface area contributed by atoms with E-state index in [9.17, 15) is 4.79 Å². The van der Waals surface area contributed by atoms with Crippen LogP contribution in [0.15, 0.2) is 36.4 Å². The summed E-state index contributed by atoms with van der Waals surface area (Å²) in [4.78, 5) is 12.4. The lowest BCUT2D eigenvalue weighted by Gasteiger charge is -2.31. The van der Waals surface area contributed by atoms with E-state index in [0.717, 1.165) is 30.5 Å². The molecule has 1 heterocycles. The number of aromatic nitrogens is 2. The lowest BCUT2D eigenvalue weighted by Crippen LogP contribution is -2.44. The number of carbonyl (C=O) groups is 1. The highest BCUT2D eigenvalue weighted by molar-refractivity contribution is 5.93. The SMILES string of the molecule is NCC1CCCCC1NC(=O)c1cc(-c2ccccc2)n[nH]1. The molecule has 0 saturated heterocycles. The smallest absolute Gasteiger partial charge is 0.269 e. The number of rotatable bonds is 4. The van der Waals surface area contributed by atoms with Gasteiger partial charge in [-0.05, 0) is 31.4 Å². The first-order valence-corrected chi connectivity index (χ1v) is 7.89. The van der Waals surface area contributed by atoms with Crippen LogP contribution in [-0.2, 0) is 0 Å². The summed E-state index contributed by atoms with van der Waals surface area (Å²) < 4.78 is 0. The molecule has 1 aliphatic rings. The second-order valence-corrected chi connectivity index (χ2v) is 5.89. The number of hydrogen-bond donors (Lipinski definition) is 3. The molecule has 1 aliphatic carbocycles. The normalized spacial score (nSPS) is 21.5. The molecule has 2 aromatic rings. The summed E-state index contributed by atoms with van der Waals surface area (Å²) in [5.74, 6) is 0.286. The third kappa shape index (κ3) is 3.20. The minimum absolute atomic E-state index is 0.0972. The highest BCUT2D eigenvalue weighted by Gasteiger charge is 2.26. The van der Waals surface area contributed by atoms with Gasteiger partial charge in [-0.3, -0.25) is 9.89 Å². The molecular formula is C17H22N4O. The average molecular weight is 298 g/mol. The number of nitrogens with two attached hydrogens (primary N) is 1. The Balaban J connectivity index is 1.69. The fourth-order valence-corrected chi connectivity index (χ4v) is 3.12. The van der Waals surface area contributed by atoms with Gasteiger partial charge in [-0.2, -0.15) is 5.10 Å². The zero-order valence-corrected chi connectivity index (χ0v) is 12.6. The Bertz CT molecular complexity index is 623. The molecule has 0 aliphatic heterocycles. The summed E-state index contributed by atoms with van der Waals surface area (Å²) in [6.07, 6.45) is 4.46. The number of nitrogens with zero attached hydrogens (tertiary/aromatic N) is 1. The van der Waals surface area contributed by atoms with Crippen molar-refractivity contribution in [2.75, 3.05) is 6.54 Å². The summed E-state index contributed by atoms with van der Waals surface area (Å²) in [6, 6.07) is 11.8. The molecule has 3 rings (SSSR count). The zero-order chi connectivity index (χ0) is 15.4. The Kier molecular flexibility index (Phi) is 4.53. The van der Waals surface area contributed by atoms with Gasteiger partial charge in [-0.25, -0.2) is 0 Å². The van der Waals surface area contributed by atoms with Gasteiger partial charge >= 0.3 is 0 Å². The Morgan fingerprint density at radius 1 is 1.27 bits per heavy atom. The maximum Gasteiger partial charge on any atom is 0.269 e. The van der Waals surface area contributed by atoms with Crippen molar-refractivity contribution in [3.8, 4) is 11.3 Å². The molecule has 5 heteroatoms. The van der Waals surface area contributed by atoms with E-state index in [4.69, 9.17) is 5.73 Å². The third-order valence-corrected chi connectivity index (χ3v) is 4.42. The summed E-state index contributed by atoms with van der Waals surface area (Å²) in [5, 5.41) is 10.2. The van der Waals surface area contributed by atoms with Crippen LogP contribution in [-0.4, -0.2) is 28.7 Å². The van der Waals surface area contributed by atoms with Gasteiger partial charge in [0.25, 0.3) is 5.91 Å². The number of H-pyrrole nitrogens is 1. The molecule has 2 atom stereocenters. The second kappa shape index (κ2) is 6.75. The lowest BCUT2D eigenvalue weighted by molar-refractivity contribution is 0.0903. The molecule has 0 spiro atoms. The van der Waals surface area contributed by atoms with Crippen LogP contribution in [0.4, 0.5) is 0 Å². The van der Waals surface area contributed by atoms with E-state index in [-0.39, 0.29) is 11.9 Å². The van der Waals surface area contributed by atoms with Crippen LogP contribution in [0.5, 0.6) is 0 Å². The van der Waals surface area contributed by atoms with Crippen LogP contribution in [0.2, 0.25) is 0 Å². The fraction of sp³-hybridized carbons (Fsp3) is 0.412. The molecule has 4 N–H and O–H groups in total. The molecule has 0 radical (unpaired) electrons. The Morgan fingerprint density at radius 3 is 2.82 bits per heavy atom. The lowest BCUT2D eigenvalue weighted by atomic mass is 9.84. The molecule has 2 unspecified atom stereocenters. The summed E-state index contributed by atoms with van der Waals surface area (Å²) in [6.45, 7) is 0.628. The third-order valence-electron chi connectivity index (χ3n) is 4.42. The monoisotopic (exact) mass is 298 g/mol. The Morgan fingerprint density at radius 2 is 2.05 bits per heavy atom. The van der Waals surface area contributed by atoms with E-state index in [1.807, 2.05) is 30.3 Å². The van der Waals surface area contributed by atoms with Crippen LogP contribution in [0, 0.1) is 5.92 Å². The van der Waals surface area contributed by atoms with Crippen molar-refractivity contribution >= 4 is 5.91 Å². The van der Waals surface area contributed by atoms with Gasteiger partial charge in [-0.1, -0.05) is 43.2 Å². The van der Waals surface area contributed by atoms with Crippen LogP contribution in [0.3, 0.4) is 0 Å². The predicted octanol–water partition coefficient (Wildman–Crippen LogP) is 2.32. The zero-order valence-electron chi connectivity index (χ0n) is 12.6. The van der Waals surface area contributed by atoms with Gasteiger partial charge in [0.1, 0.15) is 5.69 Å². The quantitative estimate of drug-likeness (QED) is 0.810. The van der Waals surface area contributed by atoms with Gasteiger partial charge in [0.2, 0.25) is 0 Å². The van der Waals surface area contributed by atoms with E-state index in [1.165, 1.54) is 6.42 Å². The second-order valence-electron chi connectivity index (χ2n) is 5.89. The van der Waals surface area contributed by atoms with Gasteiger partial charge < -0.3 is 11.1 Å². The molecule has 1 aromatic heterocycles.